The first-order valence-electron chi connectivity index (χ1n) is 6.25. The average molecular weight is 345 g/mol. The topological polar surface area (TPSA) is 78.2 Å². The third-order valence-corrected chi connectivity index (χ3v) is 6.12. The van der Waals surface area contributed by atoms with Gasteiger partial charge in [0.1, 0.15) is 6.04 Å². The van der Waals surface area contributed by atoms with Gasteiger partial charge in [-0.05, 0) is 18.6 Å². The summed E-state index contributed by atoms with van der Waals surface area (Å²) < 4.78 is 23.3. The maximum absolute atomic E-state index is 12.5. The fourth-order valence-electron chi connectivity index (χ4n) is 2.93. The molecule has 3 rings (SSSR count). The van der Waals surface area contributed by atoms with Crippen molar-refractivity contribution in [1.29, 1.82) is 5.26 Å². The molecule has 2 aliphatic heterocycles. The standard InChI is InChI=1S/C13H10Cl2N2O3S/c14-7-3-9-12(10(15)4-7)11(5-16)17(13(9)18)8-1-2-21(19,20)6-8/h3-4,8,11H,1-2,6H2. The molecule has 0 N–H and O–H groups in total. The van der Waals surface area contributed by atoms with Crippen LogP contribution in [0.1, 0.15) is 28.4 Å². The quantitative estimate of drug-likeness (QED) is 0.782. The van der Waals surface area contributed by atoms with Gasteiger partial charge in [0.25, 0.3) is 5.91 Å². The third kappa shape index (κ3) is 2.30. The Balaban J connectivity index is 2.08. The van der Waals surface area contributed by atoms with Crippen LogP contribution in [0.15, 0.2) is 12.1 Å². The number of carbonyl (C=O) groups excluding carboxylic acids is 1. The van der Waals surface area contributed by atoms with Crippen LogP contribution in [0, 0.1) is 11.3 Å². The predicted octanol–water partition coefficient (Wildman–Crippen LogP) is 2.20. The van der Waals surface area contributed by atoms with Crippen molar-refractivity contribution in [2.75, 3.05) is 11.5 Å². The third-order valence-electron chi connectivity index (χ3n) is 3.83. The molecule has 1 fully saturated rings. The van der Waals surface area contributed by atoms with Gasteiger partial charge in [-0.3, -0.25) is 4.79 Å². The van der Waals surface area contributed by atoms with E-state index in [0.29, 0.717) is 17.0 Å². The second-order valence-electron chi connectivity index (χ2n) is 5.15. The molecule has 2 heterocycles. The highest BCUT2D eigenvalue weighted by molar-refractivity contribution is 7.91. The summed E-state index contributed by atoms with van der Waals surface area (Å²) in [6.07, 6.45) is 0.339. The summed E-state index contributed by atoms with van der Waals surface area (Å²) in [7, 11) is -3.16. The molecule has 2 aliphatic rings. The van der Waals surface area contributed by atoms with Crippen LogP contribution in [0.25, 0.3) is 0 Å². The number of nitrogens with zero attached hydrogens (tertiary/aromatic N) is 2. The molecular weight excluding hydrogens is 335 g/mol. The van der Waals surface area contributed by atoms with Gasteiger partial charge in [0.05, 0.1) is 17.6 Å². The molecule has 8 heteroatoms. The van der Waals surface area contributed by atoms with E-state index >= 15 is 0 Å². The fourth-order valence-corrected chi connectivity index (χ4v) is 5.24. The van der Waals surface area contributed by atoms with Gasteiger partial charge in [0.2, 0.25) is 0 Å². The first-order chi connectivity index (χ1) is 9.84. The molecule has 21 heavy (non-hydrogen) atoms. The smallest absolute Gasteiger partial charge is 0.255 e. The number of nitriles is 1. The van der Waals surface area contributed by atoms with E-state index < -0.39 is 21.9 Å². The van der Waals surface area contributed by atoms with Crippen LogP contribution >= 0.6 is 23.2 Å². The Labute approximate surface area is 132 Å². The Morgan fingerprint density at radius 1 is 1.33 bits per heavy atom. The minimum absolute atomic E-state index is 0.0322. The first kappa shape index (κ1) is 14.6. The summed E-state index contributed by atoms with van der Waals surface area (Å²) >= 11 is 12.0. The molecular formula is C13H10Cl2N2O3S. The number of hydrogen-bond donors (Lipinski definition) is 0. The summed E-state index contributed by atoms with van der Waals surface area (Å²) in [5.74, 6) is -0.469. The second-order valence-corrected chi connectivity index (χ2v) is 8.22. The molecule has 110 valence electrons. The molecule has 0 radical (unpaired) electrons. The van der Waals surface area contributed by atoms with E-state index in [1.807, 2.05) is 6.07 Å². The highest BCUT2D eigenvalue weighted by atomic mass is 35.5. The predicted molar refractivity (Wildman–Crippen MR) is 78.0 cm³/mol. The lowest BCUT2D eigenvalue weighted by atomic mass is 10.1. The van der Waals surface area contributed by atoms with Crippen molar-refractivity contribution in [3.63, 3.8) is 0 Å². The van der Waals surface area contributed by atoms with Crippen LogP contribution in [0.3, 0.4) is 0 Å². The number of fused-ring (bicyclic) bond motifs is 1. The summed E-state index contributed by atoms with van der Waals surface area (Å²) in [5, 5.41) is 9.96. The number of sulfone groups is 1. The molecule has 1 aromatic carbocycles. The first-order valence-corrected chi connectivity index (χ1v) is 8.83. The number of carbonyl (C=O) groups is 1. The van der Waals surface area contributed by atoms with Crippen LogP contribution in [0.2, 0.25) is 10.0 Å². The van der Waals surface area contributed by atoms with Crippen molar-refractivity contribution in [3.8, 4) is 6.07 Å². The van der Waals surface area contributed by atoms with Crippen LogP contribution in [0.4, 0.5) is 0 Å². The van der Waals surface area contributed by atoms with Crippen molar-refractivity contribution < 1.29 is 13.2 Å². The second kappa shape index (κ2) is 4.87. The fraction of sp³-hybridized carbons (Fsp3) is 0.385. The van der Waals surface area contributed by atoms with Crippen molar-refractivity contribution >= 4 is 38.9 Å². The molecule has 0 saturated carbocycles. The zero-order valence-corrected chi connectivity index (χ0v) is 13.0. The Morgan fingerprint density at radius 2 is 2.05 bits per heavy atom. The largest absolute Gasteiger partial charge is 0.314 e. The van der Waals surface area contributed by atoms with Crippen LogP contribution in [-0.2, 0) is 9.84 Å². The lowest BCUT2D eigenvalue weighted by Crippen LogP contribution is -2.38. The van der Waals surface area contributed by atoms with E-state index in [1.54, 1.807) is 0 Å². The molecule has 1 aromatic rings. The zero-order chi connectivity index (χ0) is 15.4. The van der Waals surface area contributed by atoms with Gasteiger partial charge < -0.3 is 4.90 Å². The molecule has 2 unspecified atom stereocenters. The SMILES string of the molecule is N#CC1c2c(Cl)cc(Cl)cc2C(=O)N1C1CCS(=O)(=O)C1. The number of rotatable bonds is 1. The van der Waals surface area contributed by atoms with Gasteiger partial charge in [0, 0.05) is 27.2 Å². The Hall–Kier alpha value is -1.29. The van der Waals surface area contributed by atoms with Crippen LogP contribution in [-0.4, -0.2) is 36.8 Å². The van der Waals surface area contributed by atoms with Gasteiger partial charge in [-0.1, -0.05) is 23.2 Å². The molecule has 1 amide bonds. The Kier molecular flexibility index (Phi) is 3.40. The Morgan fingerprint density at radius 3 is 2.62 bits per heavy atom. The maximum atomic E-state index is 12.5. The summed E-state index contributed by atoms with van der Waals surface area (Å²) in [6, 6.07) is 3.64. The van der Waals surface area contributed by atoms with Crippen LogP contribution in [0.5, 0.6) is 0 Å². The van der Waals surface area contributed by atoms with E-state index in [0.717, 1.165) is 0 Å². The summed E-state index contributed by atoms with van der Waals surface area (Å²) in [6.45, 7) is 0. The van der Waals surface area contributed by atoms with Crippen molar-refractivity contribution in [1.82, 2.24) is 4.90 Å². The van der Waals surface area contributed by atoms with E-state index in [1.165, 1.54) is 17.0 Å². The lowest BCUT2D eigenvalue weighted by molar-refractivity contribution is 0.0694. The zero-order valence-electron chi connectivity index (χ0n) is 10.7. The monoisotopic (exact) mass is 344 g/mol. The van der Waals surface area contributed by atoms with Gasteiger partial charge in [-0.2, -0.15) is 5.26 Å². The van der Waals surface area contributed by atoms with E-state index in [9.17, 15) is 18.5 Å². The van der Waals surface area contributed by atoms with Crippen molar-refractivity contribution in [2.24, 2.45) is 0 Å². The summed E-state index contributed by atoms with van der Waals surface area (Å²) in [4.78, 5) is 13.9. The van der Waals surface area contributed by atoms with Crippen molar-refractivity contribution in [2.45, 2.75) is 18.5 Å². The highest BCUT2D eigenvalue weighted by Crippen LogP contribution is 2.42. The Bertz CT molecular complexity index is 785. The van der Waals surface area contributed by atoms with Gasteiger partial charge >= 0.3 is 0 Å². The van der Waals surface area contributed by atoms with Crippen molar-refractivity contribution in [3.05, 3.63) is 33.3 Å². The number of halogens is 2. The molecule has 2 atom stereocenters. The van der Waals surface area contributed by atoms with Gasteiger partial charge in [-0.15, -0.1) is 0 Å². The minimum Gasteiger partial charge on any atom is -0.314 e. The molecule has 0 aromatic heterocycles. The van der Waals surface area contributed by atoms with E-state index in [-0.39, 0.29) is 28.0 Å². The van der Waals surface area contributed by atoms with Crippen LogP contribution < -0.4 is 0 Å². The maximum Gasteiger partial charge on any atom is 0.255 e. The number of amides is 1. The molecule has 1 saturated heterocycles. The lowest BCUT2D eigenvalue weighted by Gasteiger charge is -2.26. The normalized spacial score (nSPS) is 26.7. The highest BCUT2D eigenvalue weighted by Gasteiger charge is 2.45. The summed E-state index contributed by atoms with van der Waals surface area (Å²) in [5.41, 5.74) is 0.696. The molecule has 0 aliphatic carbocycles. The van der Waals surface area contributed by atoms with Gasteiger partial charge in [-0.25, -0.2) is 8.42 Å². The van der Waals surface area contributed by atoms with E-state index in [2.05, 4.69) is 0 Å². The number of hydrogen-bond acceptors (Lipinski definition) is 4. The minimum atomic E-state index is -3.16. The van der Waals surface area contributed by atoms with E-state index in [4.69, 9.17) is 23.2 Å². The molecule has 5 nitrogen and oxygen atoms in total. The number of benzene rings is 1. The average Bonchev–Trinajstić information content (AvgIpc) is 2.87. The molecule has 0 bridgehead atoms. The van der Waals surface area contributed by atoms with Gasteiger partial charge in [0.15, 0.2) is 9.84 Å². The molecule has 0 spiro atoms.